The van der Waals surface area contributed by atoms with Crippen LogP contribution in [0.5, 0.6) is 11.5 Å². The van der Waals surface area contributed by atoms with E-state index in [2.05, 4.69) is 0 Å². The van der Waals surface area contributed by atoms with Crippen molar-refractivity contribution in [3.63, 3.8) is 0 Å². The molecule has 0 unspecified atom stereocenters. The van der Waals surface area contributed by atoms with Crippen LogP contribution in [0.4, 0.5) is 0 Å². The maximum Gasteiger partial charge on any atom is 0.339 e. The minimum absolute atomic E-state index is 0.129. The number of hydrogen-bond donors (Lipinski definition) is 0. The first-order chi connectivity index (χ1) is 12.5. The highest BCUT2D eigenvalue weighted by atomic mass is 32.2. The molecule has 0 aliphatic rings. The molecule has 0 aliphatic heterocycles. The smallest absolute Gasteiger partial charge is 0.339 e. The van der Waals surface area contributed by atoms with Gasteiger partial charge in [-0.3, -0.25) is 0 Å². The molecule has 0 atom stereocenters. The minimum atomic E-state index is -3.90. The lowest BCUT2D eigenvalue weighted by Gasteiger charge is -2.12. The van der Waals surface area contributed by atoms with Crippen LogP contribution in [0.1, 0.15) is 12.5 Å². The summed E-state index contributed by atoms with van der Waals surface area (Å²) in [5.74, 6) is 1.05. The first-order valence-electron chi connectivity index (χ1n) is 8.33. The van der Waals surface area contributed by atoms with Gasteiger partial charge >= 0.3 is 10.1 Å². The monoisotopic (exact) mass is 368 g/mol. The van der Waals surface area contributed by atoms with Crippen LogP contribution in [-0.4, -0.2) is 15.0 Å². The fourth-order valence-electron chi connectivity index (χ4n) is 2.55. The Hall–Kier alpha value is -2.79. The van der Waals surface area contributed by atoms with Gasteiger partial charge in [-0.15, -0.1) is 0 Å². The lowest BCUT2D eigenvalue weighted by molar-refractivity contribution is 0.340. The second-order valence-electron chi connectivity index (χ2n) is 5.80. The molecule has 0 bridgehead atoms. The lowest BCUT2D eigenvalue weighted by Crippen LogP contribution is -2.10. The van der Waals surface area contributed by atoms with Gasteiger partial charge in [0, 0.05) is 5.56 Å². The molecule has 0 spiro atoms. The molecule has 0 amide bonds. The maximum atomic E-state index is 12.6. The van der Waals surface area contributed by atoms with E-state index >= 15 is 0 Å². The van der Waals surface area contributed by atoms with Crippen molar-refractivity contribution >= 4 is 10.1 Å². The third-order valence-electron chi connectivity index (χ3n) is 3.87. The van der Waals surface area contributed by atoms with Gasteiger partial charge in [-0.05, 0) is 49.7 Å². The van der Waals surface area contributed by atoms with Crippen LogP contribution < -0.4 is 8.92 Å². The van der Waals surface area contributed by atoms with Crippen molar-refractivity contribution in [2.24, 2.45) is 0 Å². The SMILES string of the molecule is CCOc1ccc(-c2ccccc2OS(=O)(=O)c2ccc(C)cc2)cc1. The standard InChI is InChI=1S/C21H20O4S/c1-3-24-18-12-10-17(11-13-18)20-6-4-5-7-21(20)25-26(22,23)19-14-8-16(2)9-15-19/h4-15H,3H2,1-2H3. The van der Waals surface area contributed by atoms with Gasteiger partial charge in [0.05, 0.1) is 6.61 Å². The van der Waals surface area contributed by atoms with Crippen LogP contribution in [0.25, 0.3) is 11.1 Å². The molecule has 26 heavy (non-hydrogen) atoms. The highest BCUT2D eigenvalue weighted by Gasteiger charge is 2.18. The van der Waals surface area contributed by atoms with Crippen LogP contribution in [-0.2, 0) is 10.1 Å². The van der Waals surface area contributed by atoms with Gasteiger partial charge in [-0.1, -0.05) is 48.0 Å². The van der Waals surface area contributed by atoms with E-state index in [0.29, 0.717) is 12.2 Å². The van der Waals surface area contributed by atoms with Crippen molar-refractivity contribution < 1.29 is 17.3 Å². The molecule has 0 saturated heterocycles. The Morgan fingerprint density at radius 3 is 2.15 bits per heavy atom. The zero-order valence-electron chi connectivity index (χ0n) is 14.7. The van der Waals surface area contributed by atoms with Crippen molar-refractivity contribution in [3.05, 3.63) is 78.4 Å². The topological polar surface area (TPSA) is 52.6 Å². The molecule has 0 heterocycles. The first kappa shape index (κ1) is 18.0. The van der Waals surface area contributed by atoms with Crippen molar-refractivity contribution in [1.82, 2.24) is 0 Å². The summed E-state index contributed by atoms with van der Waals surface area (Å²) in [5.41, 5.74) is 2.54. The van der Waals surface area contributed by atoms with E-state index in [-0.39, 0.29) is 10.6 Å². The lowest BCUT2D eigenvalue weighted by atomic mass is 10.0. The van der Waals surface area contributed by atoms with Gasteiger partial charge in [0.1, 0.15) is 10.6 Å². The van der Waals surface area contributed by atoms with Gasteiger partial charge in [0.25, 0.3) is 0 Å². The molecule has 0 fully saturated rings. The molecule has 5 heteroatoms. The van der Waals surface area contributed by atoms with E-state index in [9.17, 15) is 8.42 Å². The van der Waals surface area contributed by atoms with Crippen LogP contribution in [0.3, 0.4) is 0 Å². The fourth-order valence-corrected chi connectivity index (χ4v) is 3.49. The number of hydrogen-bond acceptors (Lipinski definition) is 4. The predicted octanol–water partition coefficient (Wildman–Crippen LogP) is 4.83. The van der Waals surface area contributed by atoms with E-state index < -0.39 is 10.1 Å². The third-order valence-corrected chi connectivity index (χ3v) is 5.12. The highest BCUT2D eigenvalue weighted by Crippen LogP contribution is 2.32. The molecular weight excluding hydrogens is 348 g/mol. The molecule has 3 aromatic carbocycles. The molecule has 0 aromatic heterocycles. The summed E-state index contributed by atoms with van der Waals surface area (Å²) in [5, 5.41) is 0. The molecule has 0 aliphatic carbocycles. The number of aryl methyl sites for hydroxylation is 1. The average molecular weight is 368 g/mol. The zero-order chi connectivity index (χ0) is 18.6. The van der Waals surface area contributed by atoms with Crippen molar-refractivity contribution in [2.75, 3.05) is 6.61 Å². The fraction of sp³-hybridized carbons (Fsp3) is 0.143. The van der Waals surface area contributed by atoms with Crippen LogP contribution in [0.2, 0.25) is 0 Å². The highest BCUT2D eigenvalue weighted by molar-refractivity contribution is 7.87. The summed E-state index contributed by atoms with van der Waals surface area (Å²) < 4.78 is 36.1. The Bertz CT molecular complexity index is 975. The Morgan fingerprint density at radius 2 is 1.50 bits per heavy atom. The average Bonchev–Trinajstić information content (AvgIpc) is 2.63. The molecule has 0 saturated carbocycles. The summed E-state index contributed by atoms with van der Waals surface area (Å²) >= 11 is 0. The van der Waals surface area contributed by atoms with Crippen molar-refractivity contribution in [3.8, 4) is 22.6 Å². The summed E-state index contributed by atoms with van der Waals surface area (Å²) in [6.45, 7) is 4.42. The second-order valence-corrected chi connectivity index (χ2v) is 7.35. The zero-order valence-corrected chi connectivity index (χ0v) is 15.5. The quantitative estimate of drug-likeness (QED) is 0.585. The Balaban J connectivity index is 1.93. The molecule has 4 nitrogen and oxygen atoms in total. The normalized spacial score (nSPS) is 11.2. The van der Waals surface area contributed by atoms with E-state index in [4.69, 9.17) is 8.92 Å². The number of para-hydroxylation sites is 1. The maximum absolute atomic E-state index is 12.6. The van der Waals surface area contributed by atoms with Gasteiger partial charge < -0.3 is 8.92 Å². The number of benzene rings is 3. The van der Waals surface area contributed by atoms with E-state index in [1.165, 1.54) is 0 Å². The summed E-state index contributed by atoms with van der Waals surface area (Å²) in [6, 6.07) is 21.1. The number of rotatable bonds is 6. The van der Waals surface area contributed by atoms with E-state index in [1.807, 2.05) is 50.2 Å². The number of ether oxygens (including phenoxy) is 1. The van der Waals surface area contributed by atoms with Crippen LogP contribution in [0.15, 0.2) is 77.7 Å². The summed E-state index contributed by atoms with van der Waals surface area (Å²) in [6.07, 6.45) is 0. The van der Waals surface area contributed by atoms with Gasteiger partial charge in [0.2, 0.25) is 0 Å². The Labute approximate surface area is 154 Å². The van der Waals surface area contributed by atoms with Gasteiger partial charge in [-0.2, -0.15) is 8.42 Å². The van der Waals surface area contributed by atoms with Gasteiger partial charge in [0.15, 0.2) is 5.75 Å². The molecule has 3 rings (SSSR count). The molecule has 0 N–H and O–H groups in total. The van der Waals surface area contributed by atoms with Crippen molar-refractivity contribution in [1.29, 1.82) is 0 Å². The Kier molecular flexibility index (Phi) is 5.28. The molecular formula is C21H20O4S. The third kappa shape index (κ3) is 4.06. The van der Waals surface area contributed by atoms with E-state index in [0.717, 1.165) is 16.9 Å². The molecule has 134 valence electrons. The Morgan fingerprint density at radius 1 is 0.846 bits per heavy atom. The molecule has 0 radical (unpaired) electrons. The van der Waals surface area contributed by atoms with Crippen molar-refractivity contribution in [2.45, 2.75) is 18.7 Å². The van der Waals surface area contributed by atoms with E-state index in [1.54, 1.807) is 36.4 Å². The molecule has 3 aromatic rings. The second kappa shape index (κ2) is 7.62. The predicted molar refractivity (Wildman–Crippen MR) is 102 cm³/mol. The summed E-state index contributed by atoms with van der Waals surface area (Å²) in [7, 11) is -3.90. The van der Waals surface area contributed by atoms with Crippen LogP contribution in [0, 0.1) is 6.92 Å². The first-order valence-corrected chi connectivity index (χ1v) is 9.74. The van der Waals surface area contributed by atoms with Crippen LogP contribution >= 0.6 is 0 Å². The van der Waals surface area contributed by atoms with Gasteiger partial charge in [-0.25, -0.2) is 0 Å². The summed E-state index contributed by atoms with van der Waals surface area (Å²) in [4.78, 5) is 0.129. The minimum Gasteiger partial charge on any atom is -0.494 e. The largest absolute Gasteiger partial charge is 0.494 e.